The molecular formula is C26H25N5O. The quantitative estimate of drug-likeness (QED) is 0.453. The fourth-order valence-electron chi connectivity index (χ4n) is 3.93. The summed E-state index contributed by atoms with van der Waals surface area (Å²) in [7, 11) is 0. The summed E-state index contributed by atoms with van der Waals surface area (Å²) in [6.45, 7) is 8.41. The number of ether oxygens (including phenoxy) is 1. The first kappa shape index (κ1) is 21.1. The summed E-state index contributed by atoms with van der Waals surface area (Å²) in [5.74, 6) is 2.04. The molecule has 1 aliphatic carbocycles. The fraction of sp³-hybridized carbons (Fsp3) is 0.192. The van der Waals surface area contributed by atoms with Crippen LogP contribution in [0.15, 0.2) is 73.8 Å². The smallest absolute Gasteiger partial charge is 0.229 e. The Hall–Kier alpha value is -4.11. The number of aromatic nitrogens is 2. The highest BCUT2D eigenvalue weighted by Gasteiger charge is 2.29. The number of nitrogens with one attached hydrogen (secondary N) is 2. The van der Waals surface area contributed by atoms with Crippen molar-refractivity contribution in [2.75, 3.05) is 23.8 Å². The molecule has 0 fully saturated rings. The predicted octanol–water partition coefficient (Wildman–Crippen LogP) is 5.33. The molecule has 32 heavy (non-hydrogen) atoms. The van der Waals surface area contributed by atoms with Gasteiger partial charge < -0.3 is 15.4 Å². The van der Waals surface area contributed by atoms with Crippen molar-refractivity contribution in [2.24, 2.45) is 0 Å². The van der Waals surface area contributed by atoms with Crippen molar-refractivity contribution in [1.29, 1.82) is 5.26 Å². The monoisotopic (exact) mass is 423 g/mol. The summed E-state index contributed by atoms with van der Waals surface area (Å²) in [4.78, 5) is 9.64. The molecule has 1 aromatic heterocycles. The van der Waals surface area contributed by atoms with E-state index in [9.17, 15) is 5.26 Å². The van der Waals surface area contributed by atoms with Crippen LogP contribution in [-0.4, -0.2) is 23.1 Å². The van der Waals surface area contributed by atoms with Crippen molar-refractivity contribution in [3.8, 4) is 11.8 Å². The maximum Gasteiger partial charge on any atom is 0.229 e. The fourth-order valence-corrected chi connectivity index (χ4v) is 3.93. The molecule has 0 spiro atoms. The average Bonchev–Trinajstić information content (AvgIpc) is 3.26. The van der Waals surface area contributed by atoms with Crippen molar-refractivity contribution in [1.82, 2.24) is 9.97 Å². The standard InChI is InChI=1S/C26H25N5O/c1-3-14-28-25-22-13-12-21(18-8-6-5-7-9-18)24(22)30-26(31-25)29-20-11-10-19(17-27)23(16-20)32-15-4-2/h3-11,16,21H,1-2,12-15H2,(H2,28,29,30,31). The Labute approximate surface area is 188 Å². The van der Waals surface area contributed by atoms with E-state index in [1.54, 1.807) is 18.2 Å². The van der Waals surface area contributed by atoms with Crippen LogP contribution in [0.5, 0.6) is 5.75 Å². The molecule has 1 aliphatic rings. The zero-order valence-electron chi connectivity index (χ0n) is 17.8. The number of hydrogen-bond donors (Lipinski definition) is 2. The van der Waals surface area contributed by atoms with Gasteiger partial charge in [-0.25, -0.2) is 4.98 Å². The molecule has 6 nitrogen and oxygen atoms in total. The molecule has 0 saturated carbocycles. The zero-order valence-corrected chi connectivity index (χ0v) is 17.8. The van der Waals surface area contributed by atoms with Crippen LogP contribution in [-0.2, 0) is 6.42 Å². The van der Waals surface area contributed by atoms with E-state index >= 15 is 0 Å². The van der Waals surface area contributed by atoms with E-state index in [2.05, 4.69) is 54.1 Å². The van der Waals surface area contributed by atoms with E-state index in [1.807, 2.05) is 18.2 Å². The van der Waals surface area contributed by atoms with Gasteiger partial charge in [-0.05, 0) is 30.5 Å². The lowest BCUT2D eigenvalue weighted by Gasteiger charge is -2.16. The van der Waals surface area contributed by atoms with Crippen LogP contribution in [0.3, 0.4) is 0 Å². The third-order valence-corrected chi connectivity index (χ3v) is 5.38. The molecule has 1 heterocycles. The Kier molecular flexibility index (Phi) is 6.47. The zero-order chi connectivity index (χ0) is 22.3. The minimum atomic E-state index is 0.228. The average molecular weight is 424 g/mol. The molecule has 0 aliphatic heterocycles. The first-order valence-electron chi connectivity index (χ1n) is 10.6. The van der Waals surface area contributed by atoms with Crippen molar-refractivity contribution in [3.63, 3.8) is 0 Å². The minimum absolute atomic E-state index is 0.228. The summed E-state index contributed by atoms with van der Waals surface area (Å²) in [5, 5.41) is 16.0. The number of anilines is 3. The van der Waals surface area contributed by atoms with Gasteiger partial charge in [0.05, 0.1) is 11.3 Å². The topological polar surface area (TPSA) is 82.9 Å². The minimum Gasteiger partial charge on any atom is -0.488 e. The summed E-state index contributed by atoms with van der Waals surface area (Å²) in [6, 6.07) is 17.9. The first-order chi connectivity index (χ1) is 15.7. The highest BCUT2D eigenvalue weighted by atomic mass is 16.5. The molecule has 3 aromatic rings. The number of nitriles is 1. The Morgan fingerprint density at radius 1 is 1.12 bits per heavy atom. The molecule has 1 unspecified atom stereocenters. The number of fused-ring (bicyclic) bond motifs is 1. The van der Waals surface area contributed by atoms with Crippen LogP contribution in [0.1, 0.15) is 34.7 Å². The third-order valence-electron chi connectivity index (χ3n) is 5.38. The van der Waals surface area contributed by atoms with Crippen molar-refractivity contribution < 1.29 is 4.74 Å². The van der Waals surface area contributed by atoms with E-state index < -0.39 is 0 Å². The van der Waals surface area contributed by atoms with Crippen molar-refractivity contribution >= 4 is 17.5 Å². The van der Waals surface area contributed by atoms with Crippen LogP contribution in [0.2, 0.25) is 0 Å². The molecule has 4 rings (SSSR count). The maximum atomic E-state index is 9.34. The van der Waals surface area contributed by atoms with Gasteiger partial charge >= 0.3 is 0 Å². The largest absolute Gasteiger partial charge is 0.488 e. The van der Waals surface area contributed by atoms with E-state index in [0.717, 1.165) is 35.6 Å². The summed E-state index contributed by atoms with van der Waals surface area (Å²) in [5.41, 5.74) is 4.65. The van der Waals surface area contributed by atoms with Gasteiger partial charge in [-0.2, -0.15) is 10.2 Å². The number of hydrogen-bond acceptors (Lipinski definition) is 6. The Bertz CT molecular complexity index is 1170. The van der Waals surface area contributed by atoms with Crippen LogP contribution in [0.25, 0.3) is 0 Å². The van der Waals surface area contributed by atoms with E-state index in [4.69, 9.17) is 14.7 Å². The molecule has 0 bridgehead atoms. The number of benzene rings is 2. The summed E-state index contributed by atoms with van der Waals surface area (Å²) < 4.78 is 5.64. The van der Waals surface area contributed by atoms with E-state index in [1.165, 1.54) is 5.56 Å². The lowest BCUT2D eigenvalue weighted by Crippen LogP contribution is -2.10. The molecule has 2 N–H and O–H groups in total. The van der Waals surface area contributed by atoms with Gasteiger partial charge in [0.2, 0.25) is 5.95 Å². The summed E-state index contributed by atoms with van der Waals surface area (Å²) >= 11 is 0. The lowest BCUT2D eigenvalue weighted by molar-refractivity contribution is 0.362. The molecule has 160 valence electrons. The summed E-state index contributed by atoms with van der Waals surface area (Å²) in [6.07, 6.45) is 5.38. The van der Waals surface area contributed by atoms with Crippen molar-refractivity contribution in [2.45, 2.75) is 18.8 Å². The molecule has 6 heteroatoms. The molecule has 1 atom stereocenters. The van der Waals surface area contributed by atoms with Gasteiger partial charge in [-0.15, -0.1) is 6.58 Å². The number of nitrogens with zero attached hydrogens (tertiary/aromatic N) is 3. The second-order valence-electron chi connectivity index (χ2n) is 7.48. The maximum absolute atomic E-state index is 9.34. The Morgan fingerprint density at radius 3 is 2.72 bits per heavy atom. The molecular weight excluding hydrogens is 398 g/mol. The molecule has 0 radical (unpaired) electrons. The van der Waals surface area contributed by atoms with Gasteiger partial charge in [0.25, 0.3) is 0 Å². The SMILES string of the molecule is C=CCNc1nc(Nc2ccc(C#N)c(OCC=C)c2)nc2c1CCC2c1ccccc1. The predicted molar refractivity (Wildman–Crippen MR) is 127 cm³/mol. The molecule has 0 amide bonds. The van der Waals surface area contributed by atoms with Gasteiger partial charge in [0.15, 0.2) is 0 Å². The normalized spacial score (nSPS) is 14.2. The van der Waals surface area contributed by atoms with Crippen LogP contribution < -0.4 is 15.4 Å². The van der Waals surface area contributed by atoms with Crippen LogP contribution in [0, 0.1) is 11.3 Å². The highest BCUT2D eigenvalue weighted by Crippen LogP contribution is 2.40. The van der Waals surface area contributed by atoms with E-state index in [0.29, 0.717) is 30.4 Å². The van der Waals surface area contributed by atoms with E-state index in [-0.39, 0.29) is 5.92 Å². The van der Waals surface area contributed by atoms with Crippen LogP contribution in [0.4, 0.5) is 17.5 Å². The molecule has 2 aromatic carbocycles. The first-order valence-corrected chi connectivity index (χ1v) is 10.6. The van der Waals surface area contributed by atoms with Gasteiger partial charge in [-0.3, -0.25) is 0 Å². The van der Waals surface area contributed by atoms with Crippen molar-refractivity contribution in [3.05, 3.63) is 96.2 Å². The second kappa shape index (κ2) is 9.80. The van der Waals surface area contributed by atoms with Gasteiger partial charge in [0, 0.05) is 29.8 Å². The molecule has 0 saturated heterocycles. The Morgan fingerprint density at radius 2 is 1.97 bits per heavy atom. The Balaban J connectivity index is 1.70. The second-order valence-corrected chi connectivity index (χ2v) is 7.48. The van der Waals surface area contributed by atoms with Gasteiger partial charge in [0.1, 0.15) is 24.2 Å². The van der Waals surface area contributed by atoms with Gasteiger partial charge in [-0.1, -0.05) is 49.1 Å². The third kappa shape index (κ3) is 4.47. The highest BCUT2D eigenvalue weighted by molar-refractivity contribution is 5.63. The number of rotatable bonds is 9. The van der Waals surface area contributed by atoms with Crippen LogP contribution >= 0.6 is 0 Å². The lowest BCUT2D eigenvalue weighted by atomic mass is 9.97.